The molecule has 2 aromatic carbocycles. The molecule has 0 fully saturated rings. The zero-order valence-electron chi connectivity index (χ0n) is 11.2. The summed E-state index contributed by atoms with van der Waals surface area (Å²) in [5, 5.41) is 11.4. The Morgan fingerprint density at radius 2 is 1.53 bits per heavy atom. The van der Waals surface area contributed by atoms with Gasteiger partial charge in [-0.25, -0.2) is 0 Å². The average molecular weight is 248 g/mol. The van der Waals surface area contributed by atoms with Crippen molar-refractivity contribution < 1.29 is 0 Å². The van der Waals surface area contributed by atoms with E-state index in [2.05, 4.69) is 6.07 Å². The van der Waals surface area contributed by atoms with Crippen molar-refractivity contribution in [2.45, 2.75) is 13.8 Å². The normalized spacial score (nSPS) is 9.53. The molecule has 0 aliphatic carbocycles. The van der Waals surface area contributed by atoms with E-state index in [0.717, 1.165) is 16.5 Å². The smallest absolute Gasteiger partial charge is 0.132 e. The molecule has 1 aromatic heterocycles. The van der Waals surface area contributed by atoms with Crippen LogP contribution in [0, 0.1) is 11.3 Å². The van der Waals surface area contributed by atoms with Gasteiger partial charge in [-0.3, -0.25) is 0 Å². The van der Waals surface area contributed by atoms with Crippen LogP contribution in [0.25, 0.3) is 16.5 Å². The largest absolute Gasteiger partial charge is 0.307 e. The van der Waals surface area contributed by atoms with Crippen LogP contribution in [0.15, 0.2) is 60.8 Å². The minimum atomic E-state index is 0.687. The number of para-hydroxylation sites is 1. The summed E-state index contributed by atoms with van der Waals surface area (Å²) in [4.78, 5) is 0. The zero-order chi connectivity index (χ0) is 13.7. The maximum Gasteiger partial charge on any atom is 0.132 e. The third-order valence-electron chi connectivity index (χ3n) is 2.87. The van der Waals surface area contributed by atoms with Gasteiger partial charge in [0.25, 0.3) is 0 Å². The number of hydrogen-bond acceptors (Lipinski definition) is 1. The Morgan fingerprint density at radius 1 is 0.895 bits per heavy atom. The Bertz CT molecular complexity index is 703. The van der Waals surface area contributed by atoms with Gasteiger partial charge >= 0.3 is 0 Å². The van der Waals surface area contributed by atoms with E-state index in [1.807, 2.05) is 79.2 Å². The maximum absolute atomic E-state index is 9.30. The minimum absolute atomic E-state index is 0.687. The number of benzene rings is 2. The highest BCUT2D eigenvalue weighted by Crippen LogP contribution is 2.23. The lowest BCUT2D eigenvalue weighted by atomic mass is 10.2. The Hall–Kier alpha value is -2.53. The molecule has 94 valence electrons. The molecule has 0 atom stereocenters. The van der Waals surface area contributed by atoms with Crippen molar-refractivity contribution in [2.24, 2.45) is 0 Å². The fourth-order valence-corrected chi connectivity index (χ4v) is 2.06. The summed E-state index contributed by atoms with van der Waals surface area (Å²) in [6.07, 6.45) is 2.00. The second-order valence-corrected chi connectivity index (χ2v) is 3.88. The van der Waals surface area contributed by atoms with Gasteiger partial charge in [0.15, 0.2) is 0 Å². The van der Waals surface area contributed by atoms with Crippen LogP contribution in [0.2, 0.25) is 0 Å². The molecule has 0 unspecified atom stereocenters. The van der Waals surface area contributed by atoms with E-state index in [1.165, 1.54) is 0 Å². The summed E-state index contributed by atoms with van der Waals surface area (Å²) in [6, 6.07) is 20.1. The van der Waals surface area contributed by atoms with Gasteiger partial charge < -0.3 is 4.57 Å². The van der Waals surface area contributed by atoms with Gasteiger partial charge in [0, 0.05) is 22.7 Å². The molecular weight excluding hydrogens is 232 g/mol. The average Bonchev–Trinajstić information content (AvgIpc) is 2.88. The van der Waals surface area contributed by atoms with Gasteiger partial charge in [-0.15, -0.1) is 0 Å². The van der Waals surface area contributed by atoms with Gasteiger partial charge in [0.05, 0.1) is 0 Å². The highest BCUT2D eigenvalue weighted by molar-refractivity contribution is 5.88. The molecule has 0 amide bonds. The number of hydrogen-bond donors (Lipinski definition) is 0. The Labute approximate surface area is 113 Å². The van der Waals surface area contributed by atoms with Crippen molar-refractivity contribution in [2.75, 3.05) is 0 Å². The molecule has 2 nitrogen and oxygen atoms in total. The molecule has 0 aliphatic heterocycles. The molecule has 0 radical (unpaired) electrons. The number of rotatable bonds is 1. The minimum Gasteiger partial charge on any atom is -0.307 e. The van der Waals surface area contributed by atoms with Crippen molar-refractivity contribution >= 4 is 10.8 Å². The summed E-state index contributed by atoms with van der Waals surface area (Å²) >= 11 is 0. The van der Waals surface area contributed by atoms with Crippen LogP contribution >= 0.6 is 0 Å². The van der Waals surface area contributed by atoms with Crippen LogP contribution in [-0.4, -0.2) is 4.57 Å². The van der Waals surface area contributed by atoms with E-state index in [0.29, 0.717) is 5.69 Å². The maximum atomic E-state index is 9.30. The van der Waals surface area contributed by atoms with Crippen molar-refractivity contribution in [1.82, 2.24) is 4.57 Å². The van der Waals surface area contributed by atoms with Crippen molar-refractivity contribution in [3.05, 3.63) is 66.5 Å². The highest BCUT2D eigenvalue weighted by atomic mass is 15.0. The number of aromatic nitrogens is 1. The molecule has 0 saturated carbocycles. The van der Waals surface area contributed by atoms with E-state index >= 15 is 0 Å². The van der Waals surface area contributed by atoms with Crippen LogP contribution in [0.4, 0.5) is 0 Å². The molecule has 1 heterocycles. The Morgan fingerprint density at radius 3 is 2.21 bits per heavy atom. The summed E-state index contributed by atoms with van der Waals surface area (Å²) in [5.41, 5.74) is 1.70. The Kier molecular flexibility index (Phi) is 4.00. The Balaban J connectivity index is 0.000000637. The van der Waals surface area contributed by atoms with Crippen molar-refractivity contribution in [3.63, 3.8) is 0 Å². The second kappa shape index (κ2) is 5.88. The van der Waals surface area contributed by atoms with Gasteiger partial charge in [-0.05, 0) is 12.1 Å². The molecule has 3 rings (SSSR count). The molecule has 2 heteroatoms. The lowest BCUT2D eigenvalue weighted by Gasteiger charge is -2.03. The van der Waals surface area contributed by atoms with Crippen LogP contribution in [0.5, 0.6) is 0 Å². The third kappa shape index (κ3) is 2.36. The molecule has 0 bridgehead atoms. The topological polar surface area (TPSA) is 28.7 Å². The van der Waals surface area contributed by atoms with E-state index in [9.17, 15) is 5.26 Å². The van der Waals surface area contributed by atoms with E-state index in [1.54, 1.807) is 0 Å². The fraction of sp³-hybridized carbons (Fsp3) is 0.118. The molecule has 0 aliphatic rings. The van der Waals surface area contributed by atoms with Crippen LogP contribution in [0.1, 0.15) is 19.5 Å². The monoisotopic (exact) mass is 248 g/mol. The fourth-order valence-electron chi connectivity index (χ4n) is 2.06. The molecular formula is C17H16N2. The first-order chi connectivity index (χ1) is 9.40. The standard InChI is InChI=1S/C15H10N2.C2H6/c16-10-15-14-9-5-4-6-12(14)11-17(15)13-7-2-1-3-8-13;1-2/h1-9,11H;1-2H3. The zero-order valence-corrected chi connectivity index (χ0v) is 11.2. The molecule has 19 heavy (non-hydrogen) atoms. The van der Waals surface area contributed by atoms with Gasteiger partial charge in [-0.2, -0.15) is 5.26 Å². The van der Waals surface area contributed by atoms with Gasteiger partial charge in [0.2, 0.25) is 0 Å². The summed E-state index contributed by atoms with van der Waals surface area (Å²) < 4.78 is 1.94. The van der Waals surface area contributed by atoms with E-state index < -0.39 is 0 Å². The van der Waals surface area contributed by atoms with Crippen LogP contribution in [0.3, 0.4) is 0 Å². The van der Waals surface area contributed by atoms with E-state index in [4.69, 9.17) is 0 Å². The third-order valence-corrected chi connectivity index (χ3v) is 2.87. The lowest BCUT2D eigenvalue weighted by Crippen LogP contribution is -1.94. The first kappa shape index (κ1) is 12.9. The van der Waals surface area contributed by atoms with Crippen molar-refractivity contribution in [1.29, 1.82) is 5.26 Å². The summed E-state index contributed by atoms with van der Waals surface area (Å²) in [5.74, 6) is 0. The first-order valence-corrected chi connectivity index (χ1v) is 6.46. The molecule has 0 saturated heterocycles. The van der Waals surface area contributed by atoms with Crippen LogP contribution in [-0.2, 0) is 0 Å². The van der Waals surface area contributed by atoms with Gasteiger partial charge in [0.1, 0.15) is 11.8 Å². The number of nitriles is 1. The number of nitrogens with zero attached hydrogens (tertiary/aromatic N) is 2. The number of fused-ring (bicyclic) bond motifs is 1. The predicted octanol–water partition coefficient (Wildman–Crippen LogP) is 4.53. The lowest BCUT2D eigenvalue weighted by molar-refractivity contribution is 1.06. The van der Waals surface area contributed by atoms with Crippen molar-refractivity contribution in [3.8, 4) is 11.8 Å². The molecule has 3 aromatic rings. The first-order valence-electron chi connectivity index (χ1n) is 6.46. The molecule has 0 spiro atoms. The quantitative estimate of drug-likeness (QED) is 0.622. The summed E-state index contributed by atoms with van der Waals surface area (Å²) in [6.45, 7) is 4.00. The second-order valence-electron chi connectivity index (χ2n) is 3.88. The van der Waals surface area contributed by atoms with Crippen LogP contribution < -0.4 is 0 Å². The predicted molar refractivity (Wildman–Crippen MR) is 79.3 cm³/mol. The van der Waals surface area contributed by atoms with E-state index in [-0.39, 0.29) is 0 Å². The molecule has 0 N–H and O–H groups in total. The highest BCUT2D eigenvalue weighted by Gasteiger charge is 2.08. The summed E-state index contributed by atoms with van der Waals surface area (Å²) in [7, 11) is 0. The van der Waals surface area contributed by atoms with Gasteiger partial charge in [-0.1, -0.05) is 56.3 Å². The SMILES string of the molecule is CC.N#Cc1c2ccccc2cn1-c1ccccc1.